The van der Waals surface area contributed by atoms with Crippen molar-refractivity contribution in [2.24, 2.45) is 23.7 Å². The van der Waals surface area contributed by atoms with Crippen LogP contribution in [0.2, 0.25) is 5.79 Å². The third kappa shape index (κ3) is 0.839. The van der Waals surface area contributed by atoms with Crippen molar-refractivity contribution >= 4 is 27.3 Å². The lowest BCUT2D eigenvalue weighted by Gasteiger charge is -2.14. The van der Waals surface area contributed by atoms with Crippen LogP contribution in [0, 0.1) is 23.7 Å². The van der Waals surface area contributed by atoms with Gasteiger partial charge in [0.05, 0.1) is 11.8 Å². The van der Waals surface area contributed by atoms with Crippen LogP contribution in [-0.4, -0.2) is 31.1 Å². The molecule has 1 saturated carbocycles. The maximum absolute atomic E-state index is 11.9. The van der Waals surface area contributed by atoms with Gasteiger partial charge in [-0.1, -0.05) is 17.9 Å². The Bertz CT molecular complexity index is 322. The molecule has 0 aromatic heterocycles. The van der Waals surface area contributed by atoms with Crippen molar-refractivity contribution in [2.45, 2.75) is 12.2 Å². The molecule has 3 aliphatic rings. The molecule has 0 N–H and O–H groups in total. The van der Waals surface area contributed by atoms with Gasteiger partial charge >= 0.3 is 15.4 Å². The standard InChI is InChI=1S/C9H9NO2.CH3.Al.H/c11-8-6-4-1-2-5(3-4)7(6)9(12)10-8;;;/h1-2,4-7H,3H2,(H,10,11,12);1H3;;/q;;+1;/p-1. The highest BCUT2D eigenvalue weighted by Crippen LogP contribution is 2.52. The molecule has 72 valence electrons. The molecule has 4 heteroatoms. The second-order valence-electron chi connectivity index (χ2n) is 4.42. The summed E-state index contributed by atoms with van der Waals surface area (Å²) in [5.74, 6) is 3.04. The monoisotopic (exact) mass is 205 g/mol. The summed E-state index contributed by atoms with van der Waals surface area (Å²) in [4.78, 5) is 23.8. The Labute approximate surface area is 89.1 Å². The van der Waals surface area contributed by atoms with Crippen LogP contribution in [0.5, 0.6) is 0 Å². The van der Waals surface area contributed by atoms with Crippen molar-refractivity contribution < 1.29 is 9.59 Å². The number of hydrogen-bond donors (Lipinski definition) is 0. The van der Waals surface area contributed by atoms with Crippen LogP contribution in [0.1, 0.15) is 6.42 Å². The smallest absolute Gasteiger partial charge is 0.381 e. The van der Waals surface area contributed by atoms with Crippen LogP contribution in [0.3, 0.4) is 0 Å². The van der Waals surface area contributed by atoms with Gasteiger partial charge in [-0.25, -0.2) is 0 Å². The van der Waals surface area contributed by atoms with Crippen molar-refractivity contribution in [1.82, 2.24) is 3.88 Å². The molecule has 2 amide bonds. The molecule has 0 aromatic rings. The highest BCUT2D eigenvalue weighted by molar-refractivity contribution is 6.43. The minimum absolute atomic E-state index is 0.0185. The van der Waals surface area contributed by atoms with E-state index in [0.717, 1.165) is 6.42 Å². The Morgan fingerprint density at radius 2 is 1.71 bits per heavy atom. The van der Waals surface area contributed by atoms with Gasteiger partial charge in [-0.15, -0.1) is 0 Å². The second kappa shape index (κ2) is 2.71. The summed E-state index contributed by atoms with van der Waals surface area (Å²) in [5, 5.41) is 0. The predicted molar refractivity (Wildman–Crippen MR) is 52.6 cm³/mol. The van der Waals surface area contributed by atoms with E-state index in [1.807, 2.05) is 5.79 Å². The number of nitrogens with zero attached hydrogens (tertiary/aromatic N) is 1. The number of imide groups is 1. The molecular formula is C10H12AlNO2. The molecule has 0 spiro atoms. The van der Waals surface area contributed by atoms with Crippen LogP contribution in [0.4, 0.5) is 0 Å². The molecule has 14 heavy (non-hydrogen) atoms. The molecule has 1 heterocycles. The number of carbonyl (C=O) groups excluding carboxylic acids is 2. The first-order valence-corrected chi connectivity index (χ1v) is 7.32. The molecular weight excluding hydrogens is 193 g/mol. The molecule has 3 rings (SSSR count). The van der Waals surface area contributed by atoms with Crippen molar-refractivity contribution in [3.05, 3.63) is 12.2 Å². The molecule has 1 saturated heterocycles. The van der Waals surface area contributed by atoms with Crippen LogP contribution in [0.25, 0.3) is 0 Å². The van der Waals surface area contributed by atoms with E-state index in [1.54, 1.807) is 3.88 Å². The van der Waals surface area contributed by atoms with E-state index in [-0.39, 0.29) is 23.7 Å². The number of rotatable bonds is 1. The van der Waals surface area contributed by atoms with E-state index in [0.29, 0.717) is 11.8 Å². The Kier molecular flexibility index (Phi) is 1.69. The van der Waals surface area contributed by atoms with E-state index < -0.39 is 15.4 Å². The maximum Gasteiger partial charge on any atom is 0.400 e. The van der Waals surface area contributed by atoms with E-state index in [2.05, 4.69) is 12.2 Å². The molecule has 0 radical (unpaired) electrons. The summed E-state index contributed by atoms with van der Waals surface area (Å²) in [7, 11) is 0. The van der Waals surface area contributed by atoms with Crippen molar-refractivity contribution in [2.75, 3.05) is 0 Å². The normalized spacial score (nSPS) is 43.6. The lowest BCUT2D eigenvalue weighted by atomic mass is 9.85. The van der Waals surface area contributed by atoms with Gasteiger partial charge in [0, 0.05) is 0 Å². The third-order valence-corrected chi connectivity index (χ3v) is 5.13. The van der Waals surface area contributed by atoms with Gasteiger partial charge in [-0.05, 0) is 18.3 Å². The van der Waals surface area contributed by atoms with Crippen molar-refractivity contribution in [3.63, 3.8) is 0 Å². The fourth-order valence-electron chi connectivity index (χ4n) is 3.28. The quantitative estimate of drug-likeness (QED) is 0.348. The number of amides is 2. The van der Waals surface area contributed by atoms with Gasteiger partial charge < -0.3 is 3.88 Å². The molecule has 4 atom stereocenters. The Hall–Kier alpha value is -0.588. The summed E-state index contributed by atoms with van der Waals surface area (Å²) in [6, 6.07) is 0. The van der Waals surface area contributed by atoms with Crippen LogP contribution >= 0.6 is 0 Å². The average Bonchev–Trinajstić information content (AvgIpc) is 2.80. The van der Waals surface area contributed by atoms with E-state index in [1.165, 1.54) is 0 Å². The summed E-state index contributed by atoms with van der Waals surface area (Å²) >= 11 is -0.655. The SMILES string of the molecule is [CH3][AlH][N]1C(=O)C2C3C=CC(C3)C2C1=O. The third-order valence-electron chi connectivity index (χ3n) is 3.88. The first-order valence-electron chi connectivity index (χ1n) is 5.27. The van der Waals surface area contributed by atoms with Crippen LogP contribution in [-0.2, 0) is 9.59 Å². The lowest BCUT2D eigenvalue weighted by Crippen LogP contribution is -2.34. The highest BCUT2D eigenvalue weighted by atomic mass is 27.1. The zero-order valence-corrected chi connectivity index (χ0v) is 9.56. The Balaban J connectivity index is 2.02. The summed E-state index contributed by atoms with van der Waals surface area (Å²) in [5.41, 5.74) is 0. The maximum atomic E-state index is 11.9. The van der Waals surface area contributed by atoms with E-state index in [9.17, 15) is 9.59 Å². The zero-order valence-electron chi connectivity index (χ0n) is 8.14. The molecule has 1 aliphatic heterocycles. The number of allylic oxidation sites excluding steroid dienone is 2. The summed E-state index contributed by atoms with van der Waals surface area (Å²) in [6.45, 7) is 0. The molecule has 3 nitrogen and oxygen atoms in total. The molecule has 4 unspecified atom stereocenters. The van der Waals surface area contributed by atoms with E-state index >= 15 is 0 Å². The Morgan fingerprint density at radius 3 is 2.14 bits per heavy atom. The summed E-state index contributed by atoms with van der Waals surface area (Å²) < 4.78 is 1.57. The van der Waals surface area contributed by atoms with Crippen LogP contribution < -0.4 is 0 Å². The minimum atomic E-state index is -0.655. The second-order valence-corrected chi connectivity index (χ2v) is 5.69. The fraction of sp³-hybridized carbons (Fsp3) is 0.600. The molecule has 2 bridgehead atoms. The number of carbonyl (C=O) groups is 2. The van der Waals surface area contributed by atoms with Gasteiger partial charge in [0.1, 0.15) is 0 Å². The van der Waals surface area contributed by atoms with Gasteiger partial charge in [0.25, 0.3) is 0 Å². The largest absolute Gasteiger partial charge is 0.400 e. The number of hydrogen-bond acceptors (Lipinski definition) is 2. The topological polar surface area (TPSA) is 37.4 Å². The summed E-state index contributed by atoms with van der Waals surface area (Å²) in [6.07, 6.45) is 5.31. The molecule has 2 fully saturated rings. The Morgan fingerprint density at radius 1 is 1.21 bits per heavy atom. The van der Waals surface area contributed by atoms with Crippen molar-refractivity contribution in [3.8, 4) is 0 Å². The lowest BCUT2D eigenvalue weighted by molar-refractivity contribution is -0.134. The van der Waals surface area contributed by atoms with Gasteiger partial charge in [0.15, 0.2) is 0 Å². The van der Waals surface area contributed by atoms with Gasteiger partial charge in [-0.2, -0.15) is 0 Å². The first kappa shape index (κ1) is 8.70. The first-order chi connectivity index (χ1) is 6.74. The predicted octanol–water partition coefficient (Wildman–Crippen LogP) is 0.193. The van der Waals surface area contributed by atoms with Crippen LogP contribution in [0.15, 0.2) is 12.2 Å². The van der Waals surface area contributed by atoms with Crippen molar-refractivity contribution in [1.29, 1.82) is 0 Å². The van der Waals surface area contributed by atoms with Gasteiger partial charge in [0.2, 0.25) is 11.8 Å². The van der Waals surface area contributed by atoms with E-state index in [4.69, 9.17) is 0 Å². The fourth-order valence-corrected chi connectivity index (χ4v) is 4.32. The molecule has 2 aliphatic carbocycles. The average molecular weight is 205 g/mol. The van der Waals surface area contributed by atoms with Gasteiger partial charge in [-0.3, -0.25) is 9.59 Å². The number of fused-ring (bicyclic) bond motifs is 5. The highest BCUT2D eigenvalue weighted by Gasteiger charge is 2.58. The zero-order chi connectivity index (χ0) is 9.87. The minimum Gasteiger partial charge on any atom is -0.381 e. The molecule has 0 aromatic carbocycles.